The molecule has 2 heterocycles. The van der Waals surface area contributed by atoms with Crippen LogP contribution in [0.25, 0.3) is 11.0 Å². The molecule has 0 saturated carbocycles. The van der Waals surface area contributed by atoms with Crippen LogP contribution >= 0.6 is 0 Å². The maximum absolute atomic E-state index is 13.7. The van der Waals surface area contributed by atoms with Gasteiger partial charge in [0.05, 0.1) is 17.1 Å². The summed E-state index contributed by atoms with van der Waals surface area (Å²) in [5.74, 6) is -1.03. The number of benzene rings is 1. The zero-order valence-electron chi connectivity index (χ0n) is 14.2. The third-order valence-electron chi connectivity index (χ3n) is 4.11. The lowest BCUT2D eigenvalue weighted by atomic mass is 10.2. The Morgan fingerprint density at radius 2 is 2.15 bits per heavy atom. The standard InChI is InChI=1S/C17H17F2N7/c1-9-7-26(17-15(9)16(20)23-8-24-17)10(2)14(25-21)6-22-13-4-3-11(18)5-12(13)19/h3-8,10,21-22H,1-2H3,(H2,20,23,24)/b14-6-,25-21?. The van der Waals surface area contributed by atoms with Gasteiger partial charge < -0.3 is 15.6 Å². The summed E-state index contributed by atoms with van der Waals surface area (Å²) >= 11 is 0. The zero-order chi connectivity index (χ0) is 18.8. The molecular formula is C17H17F2N7. The third kappa shape index (κ3) is 3.10. The van der Waals surface area contributed by atoms with Crippen LogP contribution in [0.15, 0.2) is 47.7 Å². The molecule has 0 radical (unpaired) electrons. The van der Waals surface area contributed by atoms with Gasteiger partial charge in [0.25, 0.3) is 0 Å². The number of rotatable bonds is 5. The molecule has 0 saturated heterocycles. The molecule has 3 aromatic rings. The van der Waals surface area contributed by atoms with Crippen LogP contribution in [0.4, 0.5) is 20.3 Å². The number of hydrogen-bond donors (Lipinski definition) is 3. The van der Waals surface area contributed by atoms with Crippen LogP contribution in [0.2, 0.25) is 0 Å². The molecule has 4 N–H and O–H groups in total. The largest absolute Gasteiger partial charge is 0.383 e. The molecule has 0 aliphatic heterocycles. The summed E-state index contributed by atoms with van der Waals surface area (Å²) in [7, 11) is 0. The molecule has 1 unspecified atom stereocenters. The molecule has 7 nitrogen and oxygen atoms in total. The number of aromatic nitrogens is 3. The Bertz CT molecular complexity index is 1010. The summed E-state index contributed by atoms with van der Waals surface area (Å²) in [5.41, 5.74) is 15.3. The van der Waals surface area contributed by atoms with E-state index < -0.39 is 11.6 Å². The summed E-state index contributed by atoms with van der Waals surface area (Å²) in [6.07, 6.45) is 4.62. The average molecular weight is 357 g/mol. The fraction of sp³-hybridized carbons (Fsp3) is 0.176. The van der Waals surface area contributed by atoms with E-state index in [9.17, 15) is 8.78 Å². The van der Waals surface area contributed by atoms with E-state index in [1.54, 1.807) is 0 Å². The van der Waals surface area contributed by atoms with Crippen LogP contribution in [0.5, 0.6) is 0 Å². The van der Waals surface area contributed by atoms with Crippen molar-refractivity contribution >= 4 is 22.5 Å². The first-order valence-corrected chi connectivity index (χ1v) is 7.79. The van der Waals surface area contributed by atoms with Crippen molar-refractivity contribution in [2.24, 2.45) is 5.11 Å². The smallest absolute Gasteiger partial charge is 0.149 e. The SMILES string of the molecule is Cc1cn(C(C)/C(=C/Nc2ccc(F)cc2F)N=N)c2ncnc(N)c12. The molecule has 0 aliphatic carbocycles. The van der Waals surface area contributed by atoms with Gasteiger partial charge in [-0.05, 0) is 31.5 Å². The summed E-state index contributed by atoms with van der Waals surface area (Å²) < 4.78 is 28.5. The first-order chi connectivity index (χ1) is 12.4. The second-order valence-electron chi connectivity index (χ2n) is 5.80. The highest BCUT2D eigenvalue weighted by Gasteiger charge is 2.18. The Morgan fingerprint density at radius 3 is 2.85 bits per heavy atom. The van der Waals surface area contributed by atoms with Gasteiger partial charge in [0.15, 0.2) is 0 Å². The van der Waals surface area contributed by atoms with E-state index >= 15 is 0 Å². The Kier molecular flexibility index (Phi) is 4.61. The van der Waals surface area contributed by atoms with Gasteiger partial charge in [-0.15, -0.1) is 0 Å². The third-order valence-corrected chi connectivity index (χ3v) is 4.11. The Balaban J connectivity index is 1.95. The first-order valence-electron chi connectivity index (χ1n) is 7.79. The van der Waals surface area contributed by atoms with Gasteiger partial charge >= 0.3 is 0 Å². The number of aryl methyl sites for hydroxylation is 1. The van der Waals surface area contributed by atoms with Gasteiger partial charge in [0, 0.05) is 18.5 Å². The number of nitrogen functional groups attached to an aromatic ring is 1. The summed E-state index contributed by atoms with van der Waals surface area (Å²) in [6, 6.07) is 2.81. The van der Waals surface area contributed by atoms with Crippen LogP contribution in [0.1, 0.15) is 18.5 Å². The second-order valence-corrected chi connectivity index (χ2v) is 5.80. The quantitative estimate of drug-likeness (QED) is 0.597. The van der Waals surface area contributed by atoms with Crippen molar-refractivity contribution in [2.45, 2.75) is 19.9 Å². The first kappa shape index (κ1) is 17.5. The highest BCUT2D eigenvalue weighted by atomic mass is 19.1. The molecule has 0 amide bonds. The molecule has 0 bridgehead atoms. The van der Waals surface area contributed by atoms with Crippen molar-refractivity contribution in [3.8, 4) is 0 Å². The Morgan fingerprint density at radius 1 is 1.38 bits per heavy atom. The predicted molar refractivity (Wildman–Crippen MR) is 94.6 cm³/mol. The molecular weight excluding hydrogens is 340 g/mol. The average Bonchev–Trinajstić information content (AvgIpc) is 2.95. The molecule has 26 heavy (non-hydrogen) atoms. The minimum atomic E-state index is -0.735. The van der Waals surface area contributed by atoms with Crippen molar-refractivity contribution in [3.05, 3.63) is 59.8 Å². The van der Waals surface area contributed by atoms with Crippen LogP contribution in [-0.4, -0.2) is 14.5 Å². The minimum Gasteiger partial charge on any atom is -0.383 e. The van der Waals surface area contributed by atoms with Gasteiger partial charge in [-0.1, -0.05) is 0 Å². The second kappa shape index (κ2) is 6.87. The maximum Gasteiger partial charge on any atom is 0.149 e. The van der Waals surface area contributed by atoms with Gasteiger partial charge in [0.2, 0.25) is 0 Å². The molecule has 1 aromatic carbocycles. The van der Waals surface area contributed by atoms with Crippen molar-refractivity contribution in [1.82, 2.24) is 14.5 Å². The molecule has 1 atom stereocenters. The van der Waals surface area contributed by atoms with Gasteiger partial charge in [-0.25, -0.2) is 24.3 Å². The molecule has 2 aromatic heterocycles. The van der Waals surface area contributed by atoms with Crippen molar-refractivity contribution in [3.63, 3.8) is 0 Å². The zero-order valence-corrected chi connectivity index (χ0v) is 14.2. The monoisotopic (exact) mass is 357 g/mol. The fourth-order valence-electron chi connectivity index (χ4n) is 2.74. The normalized spacial score (nSPS) is 13.0. The number of hydrogen-bond acceptors (Lipinski definition) is 6. The van der Waals surface area contributed by atoms with E-state index in [0.717, 1.165) is 23.1 Å². The Labute approximate surface area is 148 Å². The molecule has 3 rings (SSSR count). The van der Waals surface area contributed by atoms with E-state index in [4.69, 9.17) is 11.3 Å². The van der Waals surface area contributed by atoms with Crippen molar-refractivity contribution in [2.75, 3.05) is 11.1 Å². The van der Waals surface area contributed by atoms with Crippen LogP contribution in [0, 0.1) is 24.1 Å². The van der Waals surface area contributed by atoms with E-state index in [-0.39, 0.29) is 11.7 Å². The summed E-state index contributed by atoms with van der Waals surface area (Å²) in [6.45, 7) is 3.71. The summed E-state index contributed by atoms with van der Waals surface area (Å²) in [5, 5.41) is 6.98. The number of nitrogens with zero attached hydrogens (tertiary/aromatic N) is 4. The van der Waals surface area contributed by atoms with Crippen LogP contribution < -0.4 is 11.1 Å². The van der Waals surface area contributed by atoms with Gasteiger partial charge in [-0.2, -0.15) is 5.11 Å². The lowest BCUT2D eigenvalue weighted by molar-refractivity contribution is 0.585. The molecule has 0 spiro atoms. The van der Waals surface area contributed by atoms with Gasteiger partial charge in [-0.3, -0.25) is 0 Å². The van der Waals surface area contributed by atoms with E-state index in [1.165, 1.54) is 18.6 Å². The number of fused-ring (bicyclic) bond motifs is 1. The van der Waals surface area contributed by atoms with Crippen molar-refractivity contribution < 1.29 is 8.78 Å². The molecule has 0 aliphatic rings. The number of halogens is 2. The fourth-order valence-corrected chi connectivity index (χ4v) is 2.74. The lowest BCUT2D eigenvalue weighted by Gasteiger charge is -2.15. The minimum absolute atomic E-state index is 0.0832. The topological polar surface area (TPSA) is 105 Å². The number of nitrogens with one attached hydrogen (secondary N) is 2. The maximum atomic E-state index is 13.7. The molecule has 0 fully saturated rings. The van der Waals surface area contributed by atoms with Crippen LogP contribution in [-0.2, 0) is 0 Å². The Hall–Kier alpha value is -3.36. The predicted octanol–water partition coefficient (Wildman–Crippen LogP) is 4.15. The summed E-state index contributed by atoms with van der Waals surface area (Å²) in [4.78, 5) is 8.25. The van der Waals surface area contributed by atoms with Crippen molar-refractivity contribution in [1.29, 1.82) is 5.53 Å². The number of nitrogens with two attached hydrogens (primary N) is 1. The highest BCUT2D eigenvalue weighted by molar-refractivity contribution is 5.89. The van der Waals surface area contributed by atoms with E-state index in [0.29, 0.717) is 17.2 Å². The lowest BCUT2D eigenvalue weighted by Crippen LogP contribution is -2.08. The molecule has 9 heteroatoms. The van der Waals surface area contributed by atoms with E-state index in [2.05, 4.69) is 20.4 Å². The van der Waals surface area contributed by atoms with Crippen LogP contribution in [0.3, 0.4) is 0 Å². The van der Waals surface area contributed by atoms with Gasteiger partial charge in [0.1, 0.15) is 35.1 Å². The highest BCUT2D eigenvalue weighted by Crippen LogP contribution is 2.29. The van der Waals surface area contributed by atoms with E-state index in [1.807, 2.05) is 24.6 Å². The number of anilines is 2. The molecule has 134 valence electrons. The number of allylic oxidation sites excluding steroid dienone is 1.